The van der Waals surface area contributed by atoms with Gasteiger partial charge in [-0.1, -0.05) is 34.7 Å². The van der Waals surface area contributed by atoms with E-state index in [2.05, 4.69) is 15.6 Å². The molecule has 5 nitrogen and oxygen atoms in total. The minimum Gasteiger partial charge on any atom is -0.352 e. The van der Waals surface area contributed by atoms with E-state index in [1.165, 1.54) is 31.5 Å². The molecule has 25 heavy (non-hydrogen) atoms. The summed E-state index contributed by atoms with van der Waals surface area (Å²) < 4.78 is 28.8. The largest absolute Gasteiger partial charge is 0.352 e. The molecule has 0 saturated heterocycles. The van der Waals surface area contributed by atoms with Crippen molar-refractivity contribution < 1.29 is 18.4 Å². The number of carbonyl (C=O) groups excluding carboxylic acids is 2. The topological polar surface area (TPSA) is 71.1 Å². The van der Waals surface area contributed by atoms with Gasteiger partial charge in [-0.05, 0) is 17.2 Å². The van der Waals surface area contributed by atoms with E-state index in [1.807, 2.05) is 22.6 Å². The first kappa shape index (κ1) is 19.2. The zero-order valence-electron chi connectivity index (χ0n) is 13.4. The normalized spacial score (nSPS) is 10.4. The number of nitrogens with one attached hydrogen (secondary N) is 2. The van der Waals surface area contributed by atoms with Gasteiger partial charge in [0.25, 0.3) is 5.91 Å². The Bertz CT molecular complexity index is 799. The van der Waals surface area contributed by atoms with Crippen LogP contribution in [-0.2, 0) is 17.8 Å². The molecule has 0 fully saturated rings. The Morgan fingerprint density at radius 3 is 2.48 bits per heavy atom. The van der Waals surface area contributed by atoms with Crippen molar-refractivity contribution in [3.63, 3.8) is 0 Å². The zero-order valence-corrected chi connectivity index (χ0v) is 15.6. The van der Waals surface area contributed by atoms with Crippen LogP contribution in [0.4, 0.5) is 8.78 Å². The van der Waals surface area contributed by atoms with Crippen LogP contribution in [0.1, 0.15) is 34.0 Å². The maximum Gasteiger partial charge on any atom is 0.253 e. The van der Waals surface area contributed by atoms with Crippen LogP contribution in [0.15, 0.2) is 30.6 Å². The maximum absolute atomic E-state index is 14.3. The molecule has 0 spiro atoms. The standard InChI is InChI=1S/C17H16F2IN3O2/c1-10(24)22-8-13-3-2-12(15(18)16(13)19)4-11-5-14(7-21-6-11)17(25)23-9-20/h2-3,5-7H,4,8-9H2,1H3,(H,22,24)(H,23,25). The highest BCUT2D eigenvalue weighted by Gasteiger charge is 2.15. The Balaban J connectivity index is 2.20. The summed E-state index contributed by atoms with van der Waals surface area (Å²) in [6.07, 6.45) is 3.02. The van der Waals surface area contributed by atoms with E-state index in [9.17, 15) is 18.4 Å². The highest BCUT2D eigenvalue weighted by atomic mass is 127. The molecule has 1 heterocycles. The molecule has 0 saturated carbocycles. The Morgan fingerprint density at radius 1 is 1.12 bits per heavy atom. The predicted molar refractivity (Wildman–Crippen MR) is 97.3 cm³/mol. The van der Waals surface area contributed by atoms with Crippen LogP contribution in [0.5, 0.6) is 0 Å². The molecule has 0 aliphatic carbocycles. The molecule has 2 rings (SSSR count). The summed E-state index contributed by atoms with van der Waals surface area (Å²) in [4.78, 5) is 26.7. The van der Waals surface area contributed by atoms with E-state index in [0.29, 0.717) is 15.7 Å². The lowest BCUT2D eigenvalue weighted by Gasteiger charge is -2.10. The quantitative estimate of drug-likeness (QED) is 0.397. The lowest BCUT2D eigenvalue weighted by atomic mass is 10.0. The monoisotopic (exact) mass is 459 g/mol. The first-order valence-electron chi connectivity index (χ1n) is 7.40. The van der Waals surface area contributed by atoms with Crippen LogP contribution in [0, 0.1) is 11.6 Å². The summed E-state index contributed by atoms with van der Waals surface area (Å²) in [5.41, 5.74) is 1.17. The third kappa shape index (κ3) is 5.18. The number of rotatable bonds is 6. The summed E-state index contributed by atoms with van der Waals surface area (Å²) in [6.45, 7) is 1.22. The van der Waals surface area contributed by atoms with Crippen molar-refractivity contribution in [1.82, 2.24) is 15.6 Å². The van der Waals surface area contributed by atoms with Gasteiger partial charge in [0.2, 0.25) is 5.91 Å². The summed E-state index contributed by atoms with van der Waals surface area (Å²) in [6, 6.07) is 4.49. The highest BCUT2D eigenvalue weighted by Crippen LogP contribution is 2.19. The second-order valence-electron chi connectivity index (χ2n) is 5.32. The first-order chi connectivity index (χ1) is 11.9. The number of pyridine rings is 1. The highest BCUT2D eigenvalue weighted by molar-refractivity contribution is 14.1. The van der Waals surface area contributed by atoms with Crippen LogP contribution in [0.2, 0.25) is 0 Å². The van der Waals surface area contributed by atoms with Crippen molar-refractivity contribution in [2.24, 2.45) is 0 Å². The molecule has 0 unspecified atom stereocenters. The predicted octanol–water partition coefficient (Wildman–Crippen LogP) is 2.71. The molecule has 0 bridgehead atoms. The van der Waals surface area contributed by atoms with Gasteiger partial charge >= 0.3 is 0 Å². The van der Waals surface area contributed by atoms with Crippen molar-refractivity contribution >= 4 is 34.4 Å². The van der Waals surface area contributed by atoms with Crippen LogP contribution < -0.4 is 10.6 Å². The fourth-order valence-corrected chi connectivity index (χ4v) is 2.56. The molecule has 1 aromatic heterocycles. The summed E-state index contributed by atoms with van der Waals surface area (Å²) in [5.74, 6) is -2.56. The van der Waals surface area contributed by atoms with Gasteiger partial charge in [-0.2, -0.15) is 0 Å². The second kappa shape index (κ2) is 8.84. The molecular formula is C17H16F2IN3O2. The average Bonchev–Trinajstić information content (AvgIpc) is 2.58. The summed E-state index contributed by atoms with van der Waals surface area (Å²) in [5, 5.41) is 5.07. The molecule has 0 radical (unpaired) electrons. The number of nitrogens with zero attached hydrogens (tertiary/aromatic N) is 1. The van der Waals surface area contributed by atoms with Gasteiger partial charge in [0.05, 0.1) is 10.1 Å². The van der Waals surface area contributed by atoms with Crippen molar-refractivity contribution in [2.45, 2.75) is 19.9 Å². The second-order valence-corrected chi connectivity index (χ2v) is 6.08. The van der Waals surface area contributed by atoms with E-state index in [4.69, 9.17) is 0 Å². The van der Waals surface area contributed by atoms with Crippen molar-refractivity contribution in [3.8, 4) is 0 Å². The van der Waals surface area contributed by atoms with E-state index >= 15 is 0 Å². The maximum atomic E-state index is 14.3. The van der Waals surface area contributed by atoms with Crippen molar-refractivity contribution in [2.75, 3.05) is 4.55 Å². The SMILES string of the molecule is CC(=O)NCc1ccc(Cc2cncc(C(=O)NCI)c2)c(F)c1F. The Kier molecular flexibility index (Phi) is 6.80. The van der Waals surface area contributed by atoms with Gasteiger partial charge in [0.1, 0.15) is 0 Å². The number of halogens is 3. The molecule has 0 aliphatic heterocycles. The van der Waals surface area contributed by atoms with Crippen molar-refractivity contribution in [3.05, 3.63) is 64.5 Å². The van der Waals surface area contributed by atoms with Crippen LogP contribution >= 0.6 is 22.6 Å². The Morgan fingerprint density at radius 2 is 1.80 bits per heavy atom. The van der Waals surface area contributed by atoms with Gasteiger partial charge in [-0.3, -0.25) is 14.6 Å². The molecule has 132 valence electrons. The number of amides is 2. The molecule has 0 atom stereocenters. The van der Waals surface area contributed by atoms with Gasteiger partial charge in [0.15, 0.2) is 11.6 Å². The smallest absolute Gasteiger partial charge is 0.253 e. The van der Waals surface area contributed by atoms with E-state index in [1.54, 1.807) is 6.07 Å². The fraction of sp³-hybridized carbons (Fsp3) is 0.235. The van der Waals surface area contributed by atoms with Crippen LogP contribution in [0.3, 0.4) is 0 Å². The van der Waals surface area contributed by atoms with Crippen LogP contribution in [0.25, 0.3) is 0 Å². The van der Waals surface area contributed by atoms with Gasteiger partial charge in [-0.25, -0.2) is 8.78 Å². The van der Waals surface area contributed by atoms with Gasteiger partial charge in [-0.15, -0.1) is 0 Å². The number of alkyl halides is 1. The minimum absolute atomic E-state index is 0.0738. The third-order valence-corrected chi connectivity index (χ3v) is 3.83. The number of hydrogen-bond donors (Lipinski definition) is 2. The molecule has 1 aromatic carbocycles. The van der Waals surface area contributed by atoms with E-state index in [0.717, 1.165) is 0 Å². The molecule has 8 heteroatoms. The first-order valence-corrected chi connectivity index (χ1v) is 8.93. The summed E-state index contributed by atoms with van der Waals surface area (Å²) in [7, 11) is 0. The number of benzene rings is 1. The molecular weight excluding hydrogens is 443 g/mol. The fourth-order valence-electron chi connectivity index (χ4n) is 2.21. The Hall–Kier alpha value is -2.10. The minimum atomic E-state index is -0.988. The zero-order chi connectivity index (χ0) is 18.4. The number of carbonyl (C=O) groups is 2. The third-order valence-electron chi connectivity index (χ3n) is 3.45. The molecule has 2 aromatic rings. The van der Waals surface area contributed by atoms with Crippen molar-refractivity contribution in [1.29, 1.82) is 0 Å². The molecule has 2 N–H and O–H groups in total. The van der Waals surface area contributed by atoms with E-state index < -0.39 is 11.6 Å². The molecule has 2 amide bonds. The number of hydrogen-bond acceptors (Lipinski definition) is 3. The molecule has 0 aliphatic rings. The Labute approximate surface area is 157 Å². The lowest BCUT2D eigenvalue weighted by molar-refractivity contribution is -0.119. The van der Waals surface area contributed by atoms with Crippen LogP contribution in [-0.4, -0.2) is 21.3 Å². The lowest BCUT2D eigenvalue weighted by Crippen LogP contribution is -2.21. The number of aromatic nitrogens is 1. The van der Waals surface area contributed by atoms with E-state index in [-0.39, 0.29) is 35.9 Å². The summed E-state index contributed by atoms with van der Waals surface area (Å²) >= 11 is 2.01. The van der Waals surface area contributed by atoms with Gasteiger partial charge in [0, 0.05) is 37.8 Å². The van der Waals surface area contributed by atoms with Gasteiger partial charge < -0.3 is 10.6 Å². The average molecular weight is 459 g/mol.